The first-order chi connectivity index (χ1) is 13.9. The standard InChI is InChI=1S/C23H32N2O4/c1-15-19-17(8-9-18-20(19)16(26)14-23(2,3)29-18)28-21(15)22(27)24-10-7-13-25-11-5-4-6-12-25/h8-9,16,26H,4-7,10-14H2,1-3H3,(H,24,27)/t16-/m0/s1. The van der Waals surface area contributed by atoms with Crippen molar-refractivity contribution in [3.05, 3.63) is 29.0 Å². The fourth-order valence-electron chi connectivity index (χ4n) is 4.66. The molecule has 1 fully saturated rings. The SMILES string of the molecule is Cc1c(C(=O)NCCCN2CCCCC2)oc2ccc3c(c12)[C@@H](O)CC(C)(C)O3. The molecule has 1 aromatic heterocycles. The first-order valence-corrected chi connectivity index (χ1v) is 10.8. The molecule has 2 aliphatic heterocycles. The molecule has 0 aliphatic carbocycles. The molecule has 158 valence electrons. The first kappa shape index (κ1) is 20.2. The summed E-state index contributed by atoms with van der Waals surface area (Å²) in [5.74, 6) is 0.791. The lowest BCUT2D eigenvalue weighted by Gasteiger charge is -2.35. The van der Waals surface area contributed by atoms with E-state index in [0.29, 0.717) is 30.1 Å². The predicted octanol–water partition coefficient (Wildman–Crippen LogP) is 3.94. The molecule has 29 heavy (non-hydrogen) atoms. The third-order valence-electron chi connectivity index (χ3n) is 6.09. The second kappa shape index (κ2) is 8.00. The van der Waals surface area contributed by atoms with E-state index in [0.717, 1.165) is 29.5 Å². The van der Waals surface area contributed by atoms with Gasteiger partial charge < -0.3 is 24.5 Å². The van der Waals surface area contributed by atoms with Gasteiger partial charge in [0.1, 0.15) is 16.9 Å². The Kier molecular flexibility index (Phi) is 5.58. The second-order valence-electron chi connectivity index (χ2n) is 9.00. The molecule has 0 unspecified atom stereocenters. The molecule has 2 N–H and O–H groups in total. The number of carbonyl (C=O) groups is 1. The van der Waals surface area contributed by atoms with Crippen LogP contribution in [0.2, 0.25) is 0 Å². The van der Waals surface area contributed by atoms with Gasteiger partial charge in [-0.3, -0.25) is 4.79 Å². The Morgan fingerprint density at radius 2 is 2.03 bits per heavy atom. The number of benzene rings is 1. The number of aliphatic hydroxyl groups is 1. The predicted molar refractivity (Wildman–Crippen MR) is 112 cm³/mol. The highest BCUT2D eigenvalue weighted by Crippen LogP contribution is 2.45. The summed E-state index contributed by atoms with van der Waals surface area (Å²) in [6.45, 7) is 9.80. The average molecular weight is 401 g/mol. The zero-order valence-corrected chi connectivity index (χ0v) is 17.7. The van der Waals surface area contributed by atoms with Crippen molar-refractivity contribution in [2.24, 2.45) is 0 Å². The van der Waals surface area contributed by atoms with E-state index < -0.39 is 11.7 Å². The Bertz CT molecular complexity index is 896. The molecule has 0 radical (unpaired) electrons. The van der Waals surface area contributed by atoms with Gasteiger partial charge >= 0.3 is 0 Å². The molecule has 3 heterocycles. The maximum atomic E-state index is 12.7. The van der Waals surface area contributed by atoms with Crippen molar-refractivity contribution in [1.82, 2.24) is 10.2 Å². The third-order valence-corrected chi connectivity index (χ3v) is 6.09. The number of fused-ring (bicyclic) bond motifs is 3. The summed E-state index contributed by atoms with van der Waals surface area (Å²) in [6.07, 6.45) is 4.68. The molecule has 1 amide bonds. The van der Waals surface area contributed by atoms with E-state index in [-0.39, 0.29) is 5.91 Å². The molecule has 6 nitrogen and oxygen atoms in total. The number of hydrogen-bond acceptors (Lipinski definition) is 5. The molecule has 1 saturated heterocycles. The van der Waals surface area contributed by atoms with E-state index in [4.69, 9.17) is 9.15 Å². The van der Waals surface area contributed by atoms with Crippen LogP contribution < -0.4 is 10.1 Å². The molecule has 6 heteroatoms. The molecule has 2 aromatic rings. The number of furan rings is 1. The molecular weight excluding hydrogens is 368 g/mol. The highest BCUT2D eigenvalue weighted by molar-refractivity contribution is 6.00. The number of piperidine rings is 1. The van der Waals surface area contributed by atoms with E-state index in [9.17, 15) is 9.90 Å². The van der Waals surface area contributed by atoms with Crippen LogP contribution in [0.4, 0.5) is 0 Å². The lowest BCUT2D eigenvalue weighted by atomic mass is 9.89. The van der Waals surface area contributed by atoms with Crippen LogP contribution in [0.15, 0.2) is 16.5 Å². The van der Waals surface area contributed by atoms with Gasteiger partial charge in [0.05, 0.1) is 6.10 Å². The van der Waals surface area contributed by atoms with Crippen LogP contribution in [0.3, 0.4) is 0 Å². The van der Waals surface area contributed by atoms with Crippen molar-refractivity contribution in [1.29, 1.82) is 0 Å². The summed E-state index contributed by atoms with van der Waals surface area (Å²) in [4.78, 5) is 15.2. The molecule has 0 spiro atoms. The number of aliphatic hydroxyl groups excluding tert-OH is 1. The fourth-order valence-corrected chi connectivity index (χ4v) is 4.66. The van der Waals surface area contributed by atoms with Crippen molar-refractivity contribution in [3.63, 3.8) is 0 Å². The van der Waals surface area contributed by atoms with Crippen molar-refractivity contribution in [2.75, 3.05) is 26.2 Å². The number of likely N-dealkylation sites (tertiary alicyclic amines) is 1. The van der Waals surface area contributed by atoms with E-state index in [1.807, 2.05) is 32.9 Å². The largest absolute Gasteiger partial charge is 0.487 e. The van der Waals surface area contributed by atoms with Crippen LogP contribution in [-0.2, 0) is 0 Å². The van der Waals surface area contributed by atoms with Gasteiger partial charge in [-0.15, -0.1) is 0 Å². The van der Waals surface area contributed by atoms with Gasteiger partial charge in [0.15, 0.2) is 5.76 Å². The second-order valence-corrected chi connectivity index (χ2v) is 9.00. The topological polar surface area (TPSA) is 74.9 Å². The first-order valence-electron chi connectivity index (χ1n) is 10.8. The van der Waals surface area contributed by atoms with Crippen LogP contribution in [0.25, 0.3) is 11.0 Å². The quantitative estimate of drug-likeness (QED) is 0.744. The molecule has 1 aromatic carbocycles. The minimum atomic E-state index is -0.644. The van der Waals surface area contributed by atoms with Gasteiger partial charge in [-0.05, 0) is 71.8 Å². The van der Waals surface area contributed by atoms with Crippen LogP contribution in [0.5, 0.6) is 5.75 Å². The third kappa shape index (κ3) is 4.14. The maximum absolute atomic E-state index is 12.7. The Labute approximate surface area is 172 Å². The van der Waals surface area contributed by atoms with Gasteiger partial charge in [0, 0.05) is 29.5 Å². The van der Waals surface area contributed by atoms with Crippen LogP contribution in [0.1, 0.15) is 73.7 Å². The Balaban J connectivity index is 1.47. The highest BCUT2D eigenvalue weighted by atomic mass is 16.5. The van der Waals surface area contributed by atoms with Crippen molar-refractivity contribution < 1.29 is 19.1 Å². The Hall–Kier alpha value is -2.05. The van der Waals surface area contributed by atoms with Crippen molar-refractivity contribution >= 4 is 16.9 Å². The summed E-state index contributed by atoms with van der Waals surface area (Å²) < 4.78 is 11.9. The van der Waals surface area contributed by atoms with Crippen LogP contribution in [0, 0.1) is 6.92 Å². The Morgan fingerprint density at radius 3 is 2.79 bits per heavy atom. The smallest absolute Gasteiger partial charge is 0.287 e. The summed E-state index contributed by atoms with van der Waals surface area (Å²) in [5.41, 5.74) is 1.67. The molecule has 0 bridgehead atoms. The van der Waals surface area contributed by atoms with Gasteiger partial charge in [0.2, 0.25) is 0 Å². The number of nitrogens with zero attached hydrogens (tertiary/aromatic N) is 1. The van der Waals surface area contributed by atoms with E-state index in [1.54, 1.807) is 0 Å². The zero-order valence-electron chi connectivity index (χ0n) is 17.7. The zero-order chi connectivity index (χ0) is 20.6. The average Bonchev–Trinajstić information content (AvgIpc) is 3.01. The monoisotopic (exact) mass is 400 g/mol. The summed E-state index contributed by atoms with van der Waals surface area (Å²) >= 11 is 0. The van der Waals surface area contributed by atoms with Gasteiger partial charge in [-0.1, -0.05) is 6.42 Å². The molecule has 4 rings (SSSR count). The summed E-state index contributed by atoms with van der Waals surface area (Å²) in [7, 11) is 0. The number of carbonyl (C=O) groups excluding carboxylic acids is 1. The minimum absolute atomic E-state index is 0.197. The van der Waals surface area contributed by atoms with Gasteiger partial charge in [-0.25, -0.2) is 0 Å². The van der Waals surface area contributed by atoms with Crippen LogP contribution in [-0.4, -0.2) is 47.7 Å². The van der Waals surface area contributed by atoms with Crippen LogP contribution >= 0.6 is 0 Å². The summed E-state index contributed by atoms with van der Waals surface area (Å²) in [6, 6.07) is 3.65. The number of amides is 1. The number of rotatable bonds is 5. The van der Waals surface area contributed by atoms with Crippen molar-refractivity contribution in [2.45, 2.75) is 64.6 Å². The fraction of sp³-hybridized carbons (Fsp3) is 0.609. The van der Waals surface area contributed by atoms with Gasteiger partial charge in [-0.2, -0.15) is 0 Å². The van der Waals surface area contributed by atoms with Gasteiger partial charge in [0.25, 0.3) is 5.91 Å². The minimum Gasteiger partial charge on any atom is -0.487 e. The number of ether oxygens (including phenoxy) is 1. The highest BCUT2D eigenvalue weighted by Gasteiger charge is 2.35. The molecule has 0 saturated carbocycles. The maximum Gasteiger partial charge on any atom is 0.287 e. The number of aryl methyl sites for hydroxylation is 1. The Morgan fingerprint density at radius 1 is 1.28 bits per heavy atom. The number of hydrogen-bond donors (Lipinski definition) is 2. The lowest BCUT2D eigenvalue weighted by Crippen LogP contribution is -2.34. The van der Waals surface area contributed by atoms with Crippen molar-refractivity contribution in [3.8, 4) is 5.75 Å². The molecular formula is C23H32N2O4. The van der Waals surface area contributed by atoms with E-state index in [1.165, 1.54) is 32.4 Å². The molecule has 2 aliphatic rings. The summed E-state index contributed by atoms with van der Waals surface area (Å²) in [5, 5.41) is 14.5. The van der Waals surface area contributed by atoms with E-state index in [2.05, 4.69) is 10.2 Å². The lowest BCUT2D eigenvalue weighted by molar-refractivity contribution is 0.0126. The van der Waals surface area contributed by atoms with E-state index >= 15 is 0 Å². The molecule has 1 atom stereocenters. The normalized spacial score (nSPS) is 21.6. The number of nitrogens with one attached hydrogen (secondary N) is 1.